The van der Waals surface area contributed by atoms with Gasteiger partial charge in [-0.2, -0.15) is 0 Å². The minimum atomic E-state index is 0.825. The van der Waals surface area contributed by atoms with E-state index >= 15 is 0 Å². The summed E-state index contributed by atoms with van der Waals surface area (Å²) in [6.07, 6.45) is 11.3. The summed E-state index contributed by atoms with van der Waals surface area (Å²) in [4.78, 5) is 0. The Bertz CT molecular complexity index is 147. The molecule has 0 atom stereocenters. The van der Waals surface area contributed by atoms with Crippen molar-refractivity contribution in [2.24, 2.45) is 5.92 Å². The van der Waals surface area contributed by atoms with Crippen LogP contribution in [0.5, 0.6) is 0 Å². The zero-order valence-electron chi connectivity index (χ0n) is 7.47. The first kappa shape index (κ1) is 8.58. The summed E-state index contributed by atoms with van der Waals surface area (Å²) in [7, 11) is 0. The molecule has 0 heterocycles. The monoisotopic (exact) mass is 150 g/mol. The first-order valence-corrected chi connectivity index (χ1v) is 4.67. The molecule has 0 aromatic carbocycles. The Morgan fingerprint density at radius 3 is 2.36 bits per heavy atom. The molecule has 0 unspecified atom stereocenters. The molecule has 0 bridgehead atoms. The maximum absolute atomic E-state index is 3.84. The fourth-order valence-corrected chi connectivity index (χ4v) is 1.96. The Morgan fingerprint density at radius 2 is 1.91 bits per heavy atom. The summed E-state index contributed by atoms with van der Waals surface area (Å²) in [6, 6.07) is 0. The van der Waals surface area contributed by atoms with Crippen molar-refractivity contribution in [3.8, 4) is 0 Å². The molecule has 0 saturated heterocycles. The topological polar surface area (TPSA) is 0 Å². The van der Waals surface area contributed by atoms with E-state index in [9.17, 15) is 0 Å². The van der Waals surface area contributed by atoms with Crippen LogP contribution in [-0.2, 0) is 0 Å². The van der Waals surface area contributed by atoms with E-state index in [4.69, 9.17) is 0 Å². The molecule has 62 valence electrons. The Kier molecular flexibility index (Phi) is 3.41. The minimum Gasteiger partial charge on any atom is -0.0988 e. The number of allylic oxidation sites excluding steroid dienone is 3. The average molecular weight is 150 g/mol. The van der Waals surface area contributed by atoms with E-state index in [1.54, 1.807) is 0 Å². The van der Waals surface area contributed by atoms with E-state index in [1.807, 2.05) is 6.08 Å². The summed E-state index contributed by atoms with van der Waals surface area (Å²) in [5.74, 6) is 0.825. The van der Waals surface area contributed by atoms with Gasteiger partial charge in [0.15, 0.2) is 0 Å². The van der Waals surface area contributed by atoms with Crippen molar-refractivity contribution in [1.29, 1.82) is 0 Å². The zero-order chi connectivity index (χ0) is 8.10. The molecule has 1 aliphatic rings. The van der Waals surface area contributed by atoms with E-state index < -0.39 is 0 Å². The van der Waals surface area contributed by atoms with Gasteiger partial charge < -0.3 is 0 Å². The second-order valence-electron chi connectivity index (χ2n) is 3.33. The lowest BCUT2D eigenvalue weighted by molar-refractivity contribution is 0.408. The maximum Gasteiger partial charge on any atom is -0.0165 e. The van der Waals surface area contributed by atoms with Gasteiger partial charge in [-0.1, -0.05) is 38.0 Å². The van der Waals surface area contributed by atoms with Gasteiger partial charge in [0.05, 0.1) is 0 Å². The third-order valence-electron chi connectivity index (χ3n) is 2.65. The van der Waals surface area contributed by atoms with E-state index in [2.05, 4.69) is 19.6 Å². The first-order valence-electron chi connectivity index (χ1n) is 4.67. The molecule has 1 rings (SSSR count). The van der Waals surface area contributed by atoms with Gasteiger partial charge in [-0.25, -0.2) is 0 Å². The van der Waals surface area contributed by atoms with Crippen molar-refractivity contribution < 1.29 is 0 Å². The minimum absolute atomic E-state index is 0.825. The average Bonchev–Trinajstić information content (AvgIpc) is 2.09. The quantitative estimate of drug-likeness (QED) is 0.526. The van der Waals surface area contributed by atoms with Crippen molar-refractivity contribution in [1.82, 2.24) is 0 Å². The second kappa shape index (κ2) is 4.38. The largest absolute Gasteiger partial charge is 0.0988 e. The van der Waals surface area contributed by atoms with Gasteiger partial charge in [-0.05, 0) is 31.3 Å². The molecule has 0 amide bonds. The highest BCUT2D eigenvalue weighted by atomic mass is 14.2. The van der Waals surface area contributed by atoms with E-state index in [1.165, 1.54) is 37.7 Å². The molecule has 0 N–H and O–H groups in total. The standard InChI is InChI=1S/C11H18/c1-3-10(4-2)11-8-6-5-7-9-11/h3-4,11H,1,5-9H2,2H3. The van der Waals surface area contributed by atoms with Crippen LogP contribution in [0.2, 0.25) is 0 Å². The highest BCUT2D eigenvalue weighted by molar-refractivity contribution is 5.18. The molecule has 11 heavy (non-hydrogen) atoms. The van der Waals surface area contributed by atoms with Crippen LogP contribution in [-0.4, -0.2) is 0 Å². The van der Waals surface area contributed by atoms with Crippen molar-refractivity contribution in [2.75, 3.05) is 0 Å². The number of hydrogen-bond acceptors (Lipinski definition) is 0. The molecule has 0 aromatic heterocycles. The lowest BCUT2D eigenvalue weighted by Crippen LogP contribution is -2.07. The summed E-state index contributed by atoms with van der Waals surface area (Å²) < 4.78 is 0. The fraction of sp³-hybridized carbons (Fsp3) is 0.636. The third-order valence-corrected chi connectivity index (χ3v) is 2.65. The highest BCUT2D eigenvalue weighted by Crippen LogP contribution is 2.29. The van der Waals surface area contributed by atoms with Crippen LogP contribution in [0.1, 0.15) is 39.0 Å². The van der Waals surface area contributed by atoms with Crippen LogP contribution in [0.25, 0.3) is 0 Å². The van der Waals surface area contributed by atoms with Gasteiger partial charge in [0, 0.05) is 0 Å². The Balaban J connectivity index is 2.49. The predicted molar refractivity (Wildman–Crippen MR) is 50.5 cm³/mol. The summed E-state index contributed by atoms with van der Waals surface area (Å²) in [6.45, 7) is 5.96. The van der Waals surface area contributed by atoms with Crippen LogP contribution in [0, 0.1) is 5.92 Å². The SMILES string of the molecule is C=CC(=CC)C1CCCCC1. The first-order chi connectivity index (χ1) is 5.38. The zero-order valence-corrected chi connectivity index (χ0v) is 7.47. The van der Waals surface area contributed by atoms with Gasteiger partial charge in [0.25, 0.3) is 0 Å². The molecular formula is C11H18. The molecule has 0 spiro atoms. The van der Waals surface area contributed by atoms with E-state index in [0.29, 0.717) is 0 Å². The van der Waals surface area contributed by atoms with E-state index in [-0.39, 0.29) is 0 Å². The third kappa shape index (κ3) is 2.21. The molecule has 1 aliphatic carbocycles. The lowest BCUT2D eigenvalue weighted by Gasteiger charge is -2.22. The Labute approximate surface area is 70.0 Å². The van der Waals surface area contributed by atoms with Crippen LogP contribution < -0.4 is 0 Å². The Hall–Kier alpha value is -0.520. The molecule has 0 radical (unpaired) electrons. The van der Waals surface area contributed by atoms with Crippen molar-refractivity contribution >= 4 is 0 Å². The normalized spacial score (nSPS) is 21.7. The Morgan fingerprint density at radius 1 is 1.27 bits per heavy atom. The van der Waals surface area contributed by atoms with Crippen molar-refractivity contribution in [3.63, 3.8) is 0 Å². The van der Waals surface area contributed by atoms with Gasteiger partial charge in [-0.15, -0.1) is 0 Å². The molecule has 0 nitrogen and oxygen atoms in total. The smallest absolute Gasteiger partial charge is 0.0165 e. The van der Waals surface area contributed by atoms with Crippen molar-refractivity contribution in [2.45, 2.75) is 39.0 Å². The second-order valence-corrected chi connectivity index (χ2v) is 3.33. The summed E-state index contributed by atoms with van der Waals surface area (Å²) in [5.41, 5.74) is 1.46. The van der Waals surface area contributed by atoms with Crippen LogP contribution in [0.4, 0.5) is 0 Å². The van der Waals surface area contributed by atoms with Crippen LogP contribution >= 0.6 is 0 Å². The highest BCUT2D eigenvalue weighted by Gasteiger charge is 2.14. The molecule has 1 saturated carbocycles. The van der Waals surface area contributed by atoms with Gasteiger partial charge in [0.2, 0.25) is 0 Å². The van der Waals surface area contributed by atoms with Crippen LogP contribution in [0.3, 0.4) is 0 Å². The lowest BCUT2D eigenvalue weighted by atomic mass is 9.84. The molecule has 0 heteroatoms. The predicted octanol–water partition coefficient (Wildman–Crippen LogP) is 3.70. The van der Waals surface area contributed by atoms with Gasteiger partial charge in [0.1, 0.15) is 0 Å². The molecule has 1 fully saturated rings. The summed E-state index contributed by atoms with van der Waals surface area (Å²) in [5, 5.41) is 0. The number of rotatable bonds is 2. The molecular weight excluding hydrogens is 132 g/mol. The number of hydrogen-bond donors (Lipinski definition) is 0. The van der Waals surface area contributed by atoms with Crippen molar-refractivity contribution in [3.05, 3.63) is 24.3 Å². The van der Waals surface area contributed by atoms with E-state index in [0.717, 1.165) is 5.92 Å². The van der Waals surface area contributed by atoms with Gasteiger partial charge >= 0.3 is 0 Å². The maximum atomic E-state index is 3.84. The molecule has 0 aromatic rings. The summed E-state index contributed by atoms with van der Waals surface area (Å²) >= 11 is 0. The van der Waals surface area contributed by atoms with Crippen LogP contribution in [0.15, 0.2) is 24.3 Å². The molecule has 0 aliphatic heterocycles. The fourth-order valence-electron chi connectivity index (χ4n) is 1.96. The van der Waals surface area contributed by atoms with Gasteiger partial charge in [-0.3, -0.25) is 0 Å².